The van der Waals surface area contributed by atoms with Crippen molar-refractivity contribution < 1.29 is 9.53 Å². The van der Waals surface area contributed by atoms with E-state index in [1.54, 1.807) is 7.11 Å². The molecule has 0 radical (unpaired) electrons. The van der Waals surface area contributed by atoms with Crippen LogP contribution in [0.15, 0.2) is 6.07 Å². The molecule has 1 aliphatic heterocycles. The number of nitrogens with zero attached hydrogens (tertiary/aromatic N) is 4. The molecule has 1 saturated carbocycles. The normalized spacial score (nSPS) is 25.1. The number of anilines is 1. The molecule has 2 fully saturated rings. The monoisotopic (exact) mass is 417 g/mol. The molecule has 1 aliphatic carbocycles. The number of rotatable bonds is 9. The number of carbonyl (C=O) groups is 1. The summed E-state index contributed by atoms with van der Waals surface area (Å²) in [4.78, 5) is 25.3. The van der Waals surface area contributed by atoms with E-state index in [0.29, 0.717) is 18.7 Å². The van der Waals surface area contributed by atoms with Crippen LogP contribution in [0.2, 0.25) is 0 Å². The minimum Gasteiger partial charge on any atom is -0.384 e. The third-order valence-corrected chi connectivity index (χ3v) is 6.40. The van der Waals surface area contributed by atoms with Gasteiger partial charge in [-0.25, -0.2) is 9.97 Å². The Morgan fingerprint density at radius 2 is 2.03 bits per heavy atom. The summed E-state index contributed by atoms with van der Waals surface area (Å²) >= 11 is 0. The molecule has 0 bridgehead atoms. The number of amides is 1. The summed E-state index contributed by atoms with van der Waals surface area (Å²) in [6.07, 6.45) is 5.14. The molecule has 1 N–H and O–H groups in total. The van der Waals surface area contributed by atoms with Crippen LogP contribution in [0.3, 0.4) is 0 Å². The standard InChI is InChI=1S/C23H39N5O2/c1-17-15-27(8-6-18-12-20(13-18)24-16-29)9-10-28(17)21-14-19(7-11-30-5)25-22(26-21)23(2,3)4/h14,16-18,20H,6-13,15H2,1-5H3,(H,24,29)/t17-,18?,20?/m0/s1. The van der Waals surface area contributed by atoms with Gasteiger partial charge < -0.3 is 15.0 Å². The molecule has 7 nitrogen and oxygen atoms in total. The van der Waals surface area contributed by atoms with Gasteiger partial charge in [-0.2, -0.15) is 0 Å². The lowest BCUT2D eigenvalue weighted by Crippen LogP contribution is -2.53. The van der Waals surface area contributed by atoms with Gasteiger partial charge in [-0.15, -0.1) is 0 Å². The summed E-state index contributed by atoms with van der Waals surface area (Å²) < 4.78 is 5.27. The number of hydrogen-bond acceptors (Lipinski definition) is 6. The molecule has 1 amide bonds. The molecule has 3 rings (SSSR count). The van der Waals surface area contributed by atoms with Gasteiger partial charge in [0.05, 0.1) is 6.61 Å². The zero-order chi connectivity index (χ0) is 21.7. The van der Waals surface area contributed by atoms with E-state index in [0.717, 1.165) is 75.1 Å². The van der Waals surface area contributed by atoms with Crippen LogP contribution in [0.5, 0.6) is 0 Å². The number of piperazine rings is 1. The fraction of sp³-hybridized carbons (Fsp3) is 0.783. The van der Waals surface area contributed by atoms with E-state index >= 15 is 0 Å². The predicted molar refractivity (Wildman–Crippen MR) is 120 cm³/mol. The summed E-state index contributed by atoms with van der Waals surface area (Å²) in [5, 5.41) is 2.89. The van der Waals surface area contributed by atoms with Gasteiger partial charge in [0.25, 0.3) is 0 Å². The molecule has 1 aromatic rings. The molecule has 1 saturated heterocycles. The summed E-state index contributed by atoms with van der Waals surface area (Å²) in [7, 11) is 1.73. The van der Waals surface area contributed by atoms with E-state index in [4.69, 9.17) is 14.7 Å². The molecule has 1 aromatic heterocycles. The van der Waals surface area contributed by atoms with Crippen LogP contribution in [-0.2, 0) is 21.4 Å². The fourth-order valence-corrected chi connectivity index (χ4v) is 4.45. The van der Waals surface area contributed by atoms with Crippen LogP contribution in [-0.4, -0.2) is 73.3 Å². The third kappa shape index (κ3) is 5.91. The first-order chi connectivity index (χ1) is 14.3. The highest BCUT2D eigenvalue weighted by molar-refractivity contribution is 5.47. The molecule has 30 heavy (non-hydrogen) atoms. The van der Waals surface area contributed by atoms with Gasteiger partial charge in [0, 0.05) is 62.4 Å². The van der Waals surface area contributed by atoms with Crippen molar-refractivity contribution in [3.63, 3.8) is 0 Å². The second-order valence-electron chi connectivity index (χ2n) is 9.98. The zero-order valence-corrected chi connectivity index (χ0v) is 19.4. The van der Waals surface area contributed by atoms with Gasteiger partial charge in [-0.1, -0.05) is 20.8 Å². The molecule has 0 aromatic carbocycles. The van der Waals surface area contributed by atoms with Crippen LogP contribution in [0.4, 0.5) is 5.82 Å². The van der Waals surface area contributed by atoms with Gasteiger partial charge >= 0.3 is 0 Å². The summed E-state index contributed by atoms with van der Waals surface area (Å²) in [5.41, 5.74) is 0.979. The maximum atomic E-state index is 10.5. The van der Waals surface area contributed by atoms with Crippen LogP contribution < -0.4 is 10.2 Å². The lowest BCUT2D eigenvalue weighted by molar-refractivity contribution is -0.110. The molecular formula is C23H39N5O2. The number of hydrogen-bond donors (Lipinski definition) is 1. The lowest BCUT2D eigenvalue weighted by Gasteiger charge is -2.42. The van der Waals surface area contributed by atoms with Crippen LogP contribution >= 0.6 is 0 Å². The van der Waals surface area contributed by atoms with Gasteiger partial charge in [0.1, 0.15) is 11.6 Å². The van der Waals surface area contributed by atoms with Crippen LogP contribution in [0, 0.1) is 5.92 Å². The van der Waals surface area contributed by atoms with Gasteiger partial charge in [0.15, 0.2) is 0 Å². The summed E-state index contributed by atoms with van der Waals surface area (Å²) in [6.45, 7) is 13.7. The minimum absolute atomic E-state index is 0.0811. The van der Waals surface area contributed by atoms with Crippen molar-refractivity contribution in [2.75, 3.05) is 44.8 Å². The Morgan fingerprint density at radius 1 is 1.27 bits per heavy atom. The quantitative estimate of drug-likeness (QED) is 0.622. The van der Waals surface area contributed by atoms with Gasteiger partial charge in [-0.05, 0) is 38.6 Å². The number of methoxy groups -OCH3 is 1. The molecule has 7 heteroatoms. The van der Waals surface area contributed by atoms with Gasteiger partial charge in [-0.3, -0.25) is 9.69 Å². The van der Waals surface area contributed by atoms with E-state index < -0.39 is 0 Å². The number of carbonyl (C=O) groups excluding carboxylic acids is 1. The van der Waals surface area contributed by atoms with E-state index in [9.17, 15) is 4.79 Å². The SMILES string of the molecule is COCCc1cc(N2CCN(CCC3CC(NC=O)C3)C[C@@H]2C)nc(C(C)(C)C)n1. The lowest BCUT2D eigenvalue weighted by atomic mass is 9.78. The topological polar surface area (TPSA) is 70.6 Å². The molecule has 0 spiro atoms. The third-order valence-electron chi connectivity index (χ3n) is 6.40. The molecule has 2 heterocycles. The number of aromatic nitrogens is 2. The maximum absolute atomic E-state index is 10.5. The van der Waals surface area contributed by atoms with E-state index in [1.807, 2.05) is 0 Å². The second-order valence-corrected chi connectivity index (χ2v) is 9.98. The largest absolute Gasteiger partial charge is 0.384 e. The van der Waals surface area contributed by atoms with E-state index in [2.05, 4.69) is 48.9 Å². The smallest absolute Gasteiger partial charge is 0.207 e. The van der Waals surface area contributed by atoms with Crippen LogP contribution in [0.25, 0.3) is 0 Å². The second kappa shape index (κ2) is 10.1. The highest BCUT2D eigenvalue weighted by atomic mass is 16.5. The first kappa shape index (κ1) is 22.9. The van der Waals surface area contributed by atoms with Crippen molar-refractivity contribution in [3.05, 3.63) is 17.6 Å². The van der Waals surface area contributed by atoms with Crippen molar-refractivity contribution in [2.24, 2.45) is 5.92 Å². The summed E-state index contributed by atoms with van der Waals surface area (Å²) in [5.74, 6) is 2.72. The first-order valence-electron chi connectivity index (χ1n) is 11.4. The van der Waals surface area contributed by atoms with Crippen molar-refractivity contribution in [1.29, 1.82) is 0 Å². The Hall–Kier alpha value is -1.73. The predicted octanol–water partition coefficient (Wildman–Crippen LogP) is 2.39. The first-order valence-corrected chi connectivity index (χ1v) is 11.4. The Balaban J connectivity index is 1.58. The van der Waals surface area contributed by atoms with E-state index in [1.165, 1.54) is 6.42 Å². The molecule has 1 atom stereocenters. The molecular weight excluding hydrogens is 378 g/mol. The Kier molecular flexibility index (Phi) is 7.69. The Morgan fingerprint density at radius 3 is 2.67 bits per heavy atom. The number of ether oxygens (including phenoxy) is 1. The Labute approximate surface area is 181 Å². The van der Waals surface area contributed by atoms with Crippen molar-refractivity contribution in [2.45, 2.75) is 70.9 Å². The van der Waals surface area contributed by atoms with Crippen molar-refractivity contribution in [3.8, 4) is 0 Å². The average Bonchev–Trinajstić information content (AvgIpc) is 2.67. The highest BCUT2D eigenvalue weighted by Crippen LogP contribution is 2.31. The van der Waals surface area contributed by atoms with Crippen molar-refractivity contribution >= 4 is 12.2 Å². The fourth-order valence-electron chi connectivity index (χ4n) is 4.45. The maximum Gasteiger partial charge on any atom is 0.207 e. The molecule has 168 valence electrons. The molecule has 2 aliphatic rings. The van der Waals surface area contributed by atoms with E-state index in [-0.39, 0.29) is 5.41 Å². The zero-order valence-electron chi connectivity index (χ0n) is 19.4. The Bertz CT molecular complexity index is 699. The minimum atomic E-state index is -0.0811. The van der Waals surface area contributed by atoms with Crippen molar-refractivity contribution in [1.82, 2.24) is 20.2 Å². The average molecular weight is 418 g/mol. The highest BCUT2D eigenvalue weighted by Gasteiger charge is 2.31. The summed E-state index contributed by atoms with van der Waals surface area (Å²) in [6, 6.07) is 2.97. The number of nitrogens with one attached hydrogen (secondary N) is 1. The van der Waals surface area contributed by atoms with Crippen LogP contribution in [0.1, 0.15) is 58.5 Å². The van der Waals surface area contributed by atoms with Gasteiger partial charge in [0.2, 0.25) is 6.41 Å². The molecule has 0 unspecified atom stereocenters.